The molecule has 0 saturated heterocycles. The smallest absolute Gasteiger partial charge is 0.272 e. The molecular formula is C18H13FN4O. The van der Waals surface area contributed by atoms with Crippen molar-refractivity contribution in [2.75, 3.05) is 0 Å². The van der Waals surface area contributed by atoms with Crippen LogP contribution in [0.1, 0.15) is 5.69 Å². The molecule has 0 bridgehead atoms. The van der Waals surface area contributed by atoms with E-state index in [0.717, 1.165) is 16.7 Å². The van der Waals surface area contributed by atoms with E-state index in [2.05, 4.69) is 15.1 Å². The maximum atomic E-state index is 13.3. The Morgan fingerprint density at radius 3 is 2.46 bits per heavy atom. The molecule has 1 aromatic carbocycles. The summed E-state index contributed by atoms with van der Waals surface area (Å²) in [5.74, 6) is -0.313. The van der Waals surface area contributed by atoms with Crippen molar-refractivity contribution in [3.63, 3.8) is 0 Å². The van der Waals surface area contributed by atoms with E-state index in [0.29, 0.717) is 17.0 Å². The molecule has 0 saturated carbocycles. The lowest BCUT2D eigenvalue weighted by Crippen LogP contribution is -2.14. The molecule has 0 aliphatic carbocycles. The summed E-state index contributed by atoms with van der Waals surface area (Å²) in [7, 11) is 0. The molecule has 24 heavy (non-hydrogen) atoms. The highest BCUT2D eigenvalue weighted by Gasteiger charge is 2.17. The predicted molar refractivity (Wildman–Crippen MR) is 89.2 cm³/mol. The van der Waals surface area contributed by atoms with Crippen LogP contribution in [0.15, 0.2) is 59.7 Å². The molecule has 0 atom stereocenters. The highest BCUT2D eigenvalue weighted by atomic mass is 19.1. The van der Waals surface area contributed by atoms with Gasteiger partial charge in [-0.3, -0.25) is 14.9 Å². The summed E-state index contributed by atoms with van der Waals surface area (Å²) < 4.78 is 14.7. The zero-order valence-electron chi connectivity index (χ0n) is 12.8. The maximum Gasteiger partial charge on any atom is 0.272 e. The van der Waals surface area contributed by atoms with Gasteiger partial charge in [0.15, 0.2) is 5.65 Å². The number of rotatable bonds is 2. The number of nitrogens with one attached hydrogen (secondary N) is 1. The van der Waals surface area contributed by atoms with Crippen molar-refractivity contribution in [3.05, 3.63) is 76.7 Å². The minimum Gasteiger partial charge on any atom is -0.288 e. The van der Waals surface area contributed by atoms with Gasteiger partial charge in [0.2, 0.25) is 0 Å². The molecule has 0 aliphatic heterocycles. The summed E-state index contributed by atoms with van der Waals surface area (Å²) in [6.45, 7) is 1.78. The first-order valence-corrected chi connectivity index (χ1v) is 7.42. The van der Waals surface area contributed by atoms with E-state index < -0.39 is 0 Å². The lowest BCUT2D eigenvalue weighted by Gasteiger charge is -2.04. The number of benzene rings is 1. The maximum absolute atomic E-state index is 13.3. The summed E-state index contributed by atoms with van der Waals surface area (Å²) in [5.41, 5.74) is 4.11. The molecule has 4 rings (SSSR count). The van der Waals surface area contributed by atoms with Crippen LogP contribution in [-0.4, -0.2) is 19.6 Å². The molecule has 0 amide bonds. The standard InChI is InChI=1S/C18H13FN4O/c1-11-10-15(24)23-18(21-11)16(12-6-8-20-9-7-12)17(22-23)13-2-4-14(19)5-3-13/h2-10,22H,1H3. The fourth-order valence-electron chi connectivity index (χ4n) is 2.77. The number of aromatic amines is 1. The predicted octanol–water partition coefficient (Wildman–Crippen LogP) is 3.20. The van der Waals surface area contributed by atoms with Crippen LogP contribution in [0.3, 0.4) is 0 Å². The van der Waals surface area contributed by atoms with E-state index in [-0.39, 0.29) is 11.4 Å². The Morgan fingerprint density at radius 1 is 1.04 bits per heavy atom. The third kappa shape index (κ3) is 2.28. The molecule has 0 fully saturated rings. The van der Waals surface area contributed by atoms with Crippen molar-refractivity contribution in [1.82, 2.24) is 19.6 Å². The zero-order chi connectivity index (χ0) is 16.7. The second-order valence-corrected chi connectivity index (χ2v) is 5.50. The van der Waals surface area contributed by atoms with Crippen LogP contribution >= 0.6 is 0 Å². The number of hydrogen-bond donors (Lipinski definition) is 1. The summed E-state index contributed by atoms with van der Waals surface area (Å²) in [4.78, 5) is 20.9. The molecule has 0 radical (unpaired) electrons. The molecule has 0 unspecified atom stereocenters. The fraction of sp³-hybridized carbons (Fsp3) is 0.0556. The van der Waals surface area contributed by atoms with Crippen LogP contribution in [0.5, 0.6) is 0 Å². The fourth-order valence-corrected chi connectivity index (χ4v) is 2.77. The summed E-state index contributed by atoms with van der Waals surface area (Å²) in [6.07, 6.45) is 3.36. The molecule has 6 heteroatoms. The Hall–Kier alpha value is -3.28. The van der Waals surface area contributed by atoms with Crippen LogP contribution < -0.4 is 5.56 Å². The van der Waals surface area contributed by atoms with Crippen LogP contribution in [0.25, 0.3) is 28.0 Å². The van der Waals surface area contributed by atoms with Gasteiger partial charge in [-0.2, -0.15) is 0 Å². The van der Waals surface area contributed by atoms with Gasteiger partial charge < -0.3 is 0 Å². The average molecular weight is 320 g/mol. The van der Waals surface area contributed by atoms with E-state index in [1.54, 1.807) is 31.5 Å². The van der Waals surface area contributed by atoms with E-state index >= 15 is 0 Å². The van der Waals surface area contributed by atoms with Crippen molar-refractivity contribution < 1.29 is 4.39 Å². The number of aromatic nitrogens is 4. The second kappa shape index (κ2) is 5.42. The molecule has 1 N–H and O–H groups in total. The normalized spacial score (nSPS) is 11.1. The number of fused-ring (bicyclic) bond motifs is 1. The Morgan fingerprint density at radius 2 is 1.75 bits per heavy atom. The SMILES string of the molecule is Cc1cc(=O)n2[nH]c(-c3ccc(F)cc3)c(-c3ccncc3)c2n1. The van der Waals surface area contributed by atoms with Crippen molar-refractivity contribution in [2.45, 2.75) is 6.92 Å². The van der Waals surface area contributed by atoms with Gasteiger partial charge >= 0.3 is 0 Å². The van der Waals surface area contributed by atoms with Gasteiger partial charge in [-0.1, -0.05) is 0 Å². The van der Waals surface area contributed by atoms with Crippen LogP contribution in [0.2, 0.25) is 0 Å². The number of hydrogen-bond acceptors (Lipinski definition) is 3. The van der Waals surface area contributed by atoms with Gasteiger partial charge in [-0.25, -0.2) is 13.9 Å². The van der Waals surface area contributed by atoms with E-state index in [1.807, 2.05) is 12.1 Å². The molecule has 5 nitrogen and oxygen atoms in total. The van der Waals surface area contributed by atoms with E-state index in [4.69, 9.17) is 0 Å². The van der Waals surface area contributed by atoms with Crippen molar-refractivity contribution in [3.8, 4) is 22.4 Å². The number of halogens is 1. The monoisotopic (exact) mass is 320 g/mol. The van der Waals surface area contributed by atoms with E-state index in [1.165, 1.54) is 22.7 Å². The third-order valence-electron chi connectivity index (χ3n) is 3.85. The van der Waals surface area contributed by atoms with Gasteiger partial charge in [-0.15, -0.1) is 0 Å². The van der Waals surface area contributed by atoms with Crippen molar-refractivity contribution >= 4 is 5.65 Å². The van der Waals surface area contributed by atoms with Gasteiger partial charge in [0.1, 0.15) is 5.82 Å². The minimum atomic E-state index is -0.313. The number of H-pyrrole nitrogens is 1. The molecular weight excluding hydrogens is 307 g/mol. The van der Waals surface area contributed by atoms with Gasteiger partial charge in [-0.05, 0) is 48.9 Å². The third-order valence-corrected chi connectivity index (χ3v) is 3.85. The number of nitrogens with zero attached hydrogens (tertiary/aromatic N) is 3. The Labute approximate surface area is 136 Å². The summed E-state index contributed by atoms with van der Waals surface area (Å²) in [6, 6.07) is 11.3. The zero-order valence-corrected chi connectivity index (χ0v) is 12.8. The minimum absolute atomic E-state index is 0.193. The van der Waals surface area contributed by atoms with E-state index in [9.17, 15) is 9.18 Å². The number of pyridine rings is 1. The van der Waals surface area contributed by atoms with Crippen molar-refractivity contribution in [1.29, 1.82) is 0 Å². The molecule has 3 heterocycles. The van der Waals surface area contributed by atoms with Gasteiger partial charge in [0.05, 0.1) is 11.3 Å². The summed E-state index contributed by atoms with van der Waals surface area (Å²) in [5, 5.41) is 3.09. The van der Waals surface area contributed by atoms with Gasteiger partial charge in [0.25, 0.3) is 5.56 Å². The number of aryl methyl sites for hydroxylation is 1. The highest BCUT2D eigenvalue weighted by molar-refractivity contribution is 5.90. The van der Waals surface area contributed by atoms with Gasteiger partial charge in [0, 0.05) is 29.7 Å². The first-order chi connectivity index (χ1) is 11.6. The largest absolute Gasteiger partial charge is 0.288 e. The molecule has 118 valence electrons. The molecule has 4 aromatic rings. The molecule has 0 spiro atoms. The van der Waals surface area contributed by atoms with Crippen LogP contribution in [0.4, 0.5) is 4.39 Å². The Kier molecular flexibility index (Phi) is 3.23. The van der Waals surface area contributed by atoms with Crippen molar-refractivity contribution in [2.24, 2.45) is 0 Å². The first kappa shape index (κ1) is 14.3. The topological polar surface area (TPSA) is 63.0 Å². The Bertz CT molecular complexity index is 1080. The Balaban J connectivity index is 2.11. The molecule has 3 aromatic heterocycles. The summed E-state index contributed by atoms with van der Waals surface area (Å²) >= 11 is 0. The first-order valence-electron chi connectivity index (χ1n) is 7.42. The average Bonchev–Trinajstić information content (AvgIpc) is 2.96. The molecule has 0 aliphatic rings. The quantitative estimate of drug-likeness (QED) is 0.617. The second-order valence-electron chi connectivity index (χ2n) is 5.50. The lowest BCUT2D eigenvalue weighted by molar-refractivity contribution is 0.628. The lowest BCUT2D eigenvalue weighted by atomic mass is 10.0. The van der Waals surface area contributed by atoms with Crippen LogP contribution in [0, 0.1) is 12.7 Å². The van der Waals surface area contributed by atoms with Crippen LogP contribution in [-0.2, 0) is 0 Å². The highest BCUT2D eigenvalue weighted by Crippen LogP contribution is 2.33.